The van der Waals surface area contributed by atoms with Gasteiger partial charge in [-0.3, -0.25) is 0 Å². The topological polar surface area (TPSA) is 37.8 Å². The van der Waals surface area contributed by atoms with Crippen molar-refractivity contribution in [3.63, 3.8) is 0 Å². The molecule has 0 saturated carbocycles. The Morgan fingerprint density at radius 3 is 2.75 bits per heavy atom. The summed E-state index contributed by atoms with van der Waals surface area (Å²) in [5.41, 5.74) is 4.00. The minimum absolute atomic E-state index is 0.901. The summed E-state index contributed by atoms with van der Waals surface area (Å²) < 4.78 is 0. The Hall–Kier alpha value is -1.26. The molecule has 0 aliphatic heterocycles. The van der Waals surface area contributed by atoms with Crippen molar-refractivity contribution in [3.05, 3.63) is 44.9 Å². The normalized spacial score (nSPS) is 10.9. The first-order valence-electron chi connectivity index (χ1n) is 7.27. The van der Waals surface area contributed by atoms with E-state index >= 15 is 0 Å². The average Bonchev–Trinajstić information content (AvgIpc) is 2.87. The van der Waals surface area contributed by atoms with Crippen LogP contribution in [0.1, 0.15) is 40.1 Å². The SMILES string of the molecule is CCNCCCc1nnc(Cc2cc(C)ccc2C)s1. The van der Waals surface area contributed by atoms with E-state index in [9.17, 15) is 0 Å². The second-order valence-electron chi connectivity index (χ2n) is 5.15. The molecule has 1 N–H and O–H groups in total. The van der Waals surface area contributed by atoms with Crippen LogP contribution in [0.25, 0.3) is 0 Å². The fourth-order valence-corrected chi connectivity index (χ4v) is 3.07. The molecule has 0 aliphatic carbocycles. The number of nitrogens with zero attached hydrogens (tertiary/aromatic N) is 2. The van der Waals surface area contributed by atoms with E-state index in [-0.39, 0.29) is 0 Å². The summed E-state index contributed by atoms with van der Waals surface area (Å²) in [7, 11) is 0. The van der Waals surface area contributed by atoms with Crippen molar-refractivity contribution >= 4 is 11.3 Å². The average molecular weight is 289 g/mol. The van der Waals surface area contributed by atoms with E-state index in [1.807, 2.05) is 0 Å². The third kappa shape index (κ3) is 4.39. The van der Waals surface area contributed by atoms with Gasteiger partial charge in [0.05, 0.1) is 0 Å². The fourth-order valence-electron chi connectivity index (χ4n) is 2.16. The predicted molar refractivity (Wildman–Crippen MR) is 85.5 cm³/mol. The molecular weight excluding hydrogens is 266 g/mol. The van der Waals surface area contributed by atoms with Gasteiger partial charge < -0.3 is 5.32 Å². The maximum atomic E-state index is 4.33. The van der Waals surface area contributed by atoms with Crippen LogP contribution >= 0.6 is 11.3 Å². The van der Waals surface area contributed by atoms with E-state index in [4.69, 9.17) is 0 Å². The van der Waals surface area contributed by atoms with E-state index in [0.717, 1.165) is 42.4 Å². The van der Waals surface area contributed by atoms with Crippen LogP contribution in [-0.4, -0.2) is 23.3 Å². The van der Waals surface area contributed by atoms with Crippen LogP contribution in [0.2, 0.25) is 0 Å². The van der Waals surface area contributed by atoms with Gasteiger partial charge in [-0.1, -0.05) is 30.7 Å². The summed E-state index contributed by atoms with van der Waals surface area (Å²) >= 11 is 1.75. The van der Waals surface area contributed by atoms with Crippen LogP contribution < -0.4 is 5.32 Å². The number of hydrogen-bond acceptors (Lipinski definition) is 4. The van der Waals surface area contributed by atoms with E-state index in [0.29, 0.717) is 0 Å². The molecule has 0 bridgehead atoms. The lowest BCUT2D eigenvalue weighted by molar-refractivity contribution is 0.669. The highest BCUT2D eigenvalue weighted by Gasteiger charge is 2.07. The molecule has 0 radical (unpaired) electrons. The number of benzene rings is 1. The molecule has 2 rings (SSSR count). The number of nitrogens with one attached hydrogen (secondary N) is 1. The van der Waals surface area contributed by atoms with Gasteiger partial charge in [0.25, 0.3) is 0 Å². The van der Waals surface area contributed by atoms with E-state index in [1.165, 1.54) is 16.7 Å². The van der Waals surface area contributed by atoms with Crippen molar-refractivity contribution in [1.29, 1.82) is 0 Å². The molecule has 0 aliphatic rings. The monoisotopic (exact) mass is 289 g/mol. The first-order valence-corrected chi connectivity index (χ1v) is 8.08. The zero-order valence-electron chi connectivity index (χ0n) is 12.6. The van der Waals surface area contributed by atoms with Gasteiger partial charge in [-0.15, -0.1) is 21.5 Å². The lowest BCUT2D eigenvalue weighted by Gasteiger charge is -2.04. The van der Waals surface area contributed by atoms with Crippen molar-refractivity contribution in [2.24, 2.45) is 0 Å². The molecule has 20 heavy (non-hydrogen) atoms. The number of aromatic nitrogens is 2. The summed E-state index contributed by atoms with van der Waals surface area (Å²) in [6, 6.07) is 6.59. The standard InChI is InChI=1S/C16H23N3S/c1-4-17-9-5-6-15-18-19-16(20-15)11-14-10-12(2)7-8-13(14)3/h7-8,10,17H,4-6,9,11H2,1-3H3. The summed E-state index contributed by atoms with van der Waals surface area (Å²) in [5.74, 6) is 0. The van der Waals surface area contributed by atoms with Crippen molar-refractivity contribution in [2.45, 2.75) is 40.0 Å². The molecule has 108 valence electrons. The second-order valence-corrected chi connectivity index (χ2v) is 6.30. The van der Waals surface area contributed by atoms with Gasteiger partial charge in [0.2, 0.25) is 0 Å². The predicted octanol–water partition coefficient (Wildman–Crippen LogP) is 3.29. The molecule has 0 amide bonds. The van der Waals surface area contributed by atoms with Gasteiger partial charge >= 0.3 is 0 Å². The Bertz CT molecular complexity index is 548. The van der Waals surface area contributed by atoms with Crippen LogP contribution in [-0.2, 0) is 12.8 Å². The highest BCUT2D eigenvalue weighted by Crippen LogP contribution is 2.19. The van der Waals surface area contributed by atoms with Crippen molar-refractivity contribution in [1.82, 2.24) is 15.5 Å². The molecule has 0 spiro atoms. The highest BCUT2D eigenvalue weighted by atomic mass is 32.1. The Morgan fingerprint density at radius 2 is 1.95 bits per heavy atom. The second kappa shape index (κ2) is 7.50. The first kappa shape index (κ1) is 15.1. The smallest absolute Gasteiger partial charge is 0.121 e. The molecule has 4 heteroatoms. The number of rotatable bonds is 7. The highest BCUT2D eigenvalue weighted by molar-refractivity contribution is 7.11. The van der Waals surface area contributed by atoms with Crippen LogP contribution in [0.5, 0.6) is 0 Å². The third-order valence-corrected chi connectivity index (χ3v) is 4.33. The molecule has 0 fully saturated rings. The largest absolute Gasteiger partial charge is 0.317 e. The van der Waals surface area contributed by atoms with Crippen LogP contribution in [0.3, 0.4) is 0 Å². The van der Waals surface area contributed by atoms with Crippen LogP contribution in [0.4, 0.5) is 0 Å². The van der Waals surface area contributed by atoms with Gasteiger partial charge in [0, 0.05) is 12.8 Å². The van der Waals surface area contributed by atoms with Gasteiger partial charge in [0.1, 0.15) is 10.0 Å². The number of hydrogen-bond donors (Lipinski definition) is 1. The Kier molecular flexibility index (Phi) is 5.68. The lowest BCUT2D eigenvalue weighted by atomic mass is 10.0. The van der Waals surface area contributed by atoms with Crippen LogP contribution in [0.15, 0.2) is 18.2 Å². The summed E-state index contributed by atoms with van der Waals surface area (Å²) in [5, 5.41) is 14.2. The van der Waals surface area contributed by atoms with Crippen molar-refractivity contribution in [3.8, 4) is 0 Å². The molecule has 0 unspecified atom stereocenters. The molecule has 0 saturated heterocycles. The van der Waals surface area contributed by atoms with Gasteiger partial charge in [-0.05, 0) is 44.5 Å². The molecule has 1 aromatic heterocycles. The summed E-state index contributed by atoms with van der Waals surface area (Å²) in [4.78, 5) is 0. The first-order chi connectivity index (χ1) is 9.69. The lowest BCUT2D eigenvalue weighted by Crippen LogP contribution is -2.14. The zero-order valence-corrected chi connectivity index (χ0v) is 13.4. The quantitative estimate of drug-likeness (QED) is 0.795. The molecular formula is C16H23N3S. The van der Waals surface area contributed by atoms with Crippen LogP contribution in [0, 0.1) is 13.8 Å². The Labute approximate surface area is 125 Å². The van der Waals surface area contributed by atoms with E-state index in [1.54, 1.807) is 11.3 Å². The molecule has 0 atom stereocenters. The maximum Gasteiger partial charge on any atom is 0.121 e. The molecule has 1 aromatic carbocycles. The zero-order chi connectivity index (χ0) is 14.4. The Balaban J connectivity index is 1.93. The minimum Gasteiger partial charge on any atom is -0.317 e. The molecule has 3 nitrogen and oxygen atoms in total. The van der Waals surface area contributed by atoms with Crippen molar-refractivity contribution in [2.75, 3.05) is 13.1 Å². The van der Waals surface area contributed by atoms with Gasteiger partial charge in [0.15, 0.2) is 0 Å². The van der Waals surface area contributed by atoms with Crippen molar-refractivity contribution < 1.29 is 0 Å². The van der Waals surface area contributed by atoms with E-state index < -0.39 is 0 Å². The Morgan fingerprint density at radius 1 is 1.15 bits per heavy atom. The number of aryl methyl sites for hydroxylation is 3. The fraction of sp³-hybridized carbons (Fsp3) is 0.500. The summed E-state index contributed by atoms with van der Waals surface area (Å²) in [6.45, 7) is 8.52. The van der Waals surface area contributed by atoms with Gasteiger partial charge in [-0.2, -0.15) is 0 Å². The minimum atomic E-state index is 0.901. The molecule has 1 heterocycles. The third-order valence-electron chi connectivity index (χ3n) is 3.35. The van der Waals surface area contributed by atoms with E-state index in [2.05, 4.69) is 54.5 Å². The molecule has 2 aromatic rings. The summed E-state index contributed by atoms with van der Waals surface area (Å²) in [6.07, 6.45) is 3.06. The van der Waals surface area contributed by atoms with Gasteiger partial charge in [-0.25, -0.2) is 0 Å². The maximum absolute atomic E-state index is 4.33.